The number of nitrogens with one attached hydrogen (secondary N) is 1. The van der Waals surface area contributed by atoms with Crippen LogP contribution in [0.25, 0.3) is 0 Å². The number of methoxy groups -OCH3 is 1. The van der Waals surface area contributed by atoms with E-state index in [1.54, 1.807) is 24.8 Å². The highest BCUT2D eigenvalue weighted by molar-refractivity contribution is 7.99. The first-order valence-corrected chi connectivity index (χ1v) is 6.86. The lowest BCUT2D eigenvalue weighted by Crippen LogP contribution is -2.37. The molecule has 0 aliphatic carbocycles. The van der Waals surface area contributed by atoms with Crippen LogP contribution in [0.4, 0.5) is 4.39 Å². The largest absolute Gasteiger partial charge is 0.372 e. The van der Waals surface area contributed by atoms with Crippen LogP contribution in [0.15, 0.2) is 23.1 Å². The Morgan fingerprint density at radius 3 is 3.11 bits per heavy atom. The van der Waals surface area contributed by atoms with Crippen LogP contribution >= 0.6 is 11.8 Å². The summed E-state index contributed by atoms with van der Waals surface area (Å²) < 4.78 is 18.3. The first-order chi connectivity index (χ1) is 8.61. The van der Waals surface area contributed by atoms with E-state index < -0.39 is 6.10 Å². The van der Waals surface area contributed by atoms with E-state index >= 15 is 0 Å². The second kappa shape index (κ2) is 5.71. The lowest BCUT2D eigenvalue weighted by atomic mass is 10.0. The van der Waals surface area contributed by atoms with E-state index in [4.69, 9.17) is 4.74 Å². The van der Waals surface area contributed by atoms with E-state index in [1.807, 2.05) is 0 Å². The monoisotopic (exact) mass is 269 g/mol. The highest BCUT2D eigenvalue weighted by Crippen LogP contribution is 2.36. The molecule has 0 saturated carbocycles. The van der Waals surface area contributed by atoms with Gasteiger partial charge >= 0.3 is 0 Å². The number of thioether (sulfide) groups is 1. The molecule has 18 heavy (non-hydrogen) atoms. The Morgan fingerprint density at radius 2 is 2.39 bits per heavy atom. The summed E-state index contributed by atoms with van der Waals surface area (Å²) in [5.74, 6) is 0.491. The second-order valence-corrected chi connectivity index (χ2v) is 5.40. The van der Waals surface area contributed by atoms with Crippen LogP contribution in [0, 0.1) is 5.82 Å². The molecular formula is C13H16FNO2S. The van der Waals surface area contributed by atoms with Gasteiger partial charge in [-0.25, -0.2) is 4.39 Å². The zero-order valence-electron chi connectivity index (χ0n) is 10.4. The van der Waals surface area contributed by atoms with Crippen molar-refractivity contribution in [3.05, 3.63) is 29.6 Å². The molecule has 1 heterocycles. The van der Waals surface area contributed by atoms with Crippen LogP contribution in [-0.4, -0.2) is 24.9 Å². The third kappa shape index (κ3) is 2.84. The van der Waals surface area contributed by atoms with E-state index in [0.29, 0.717) is 0 Å². The number of halogens is 1. The quantitative estimate of drug-likeness (QED) is 0.916. The van der Waals surface area contributed by atoms with Crippen molar-refractivity contribution in [2.75, 3.05) is 12.9 Å². The van der Waals surface area contributed by atoms with Gasteiger partial charge in [-0.2, -0.15) is 0 Å². The van der Waals surface area contributed by atoms with Gasteiger partial charge in [0.15, 0.2) is 0 Å². The number of carbonyl (C=O) groups is 1. The lowest BCUT2D eigenvalue weighted by molar-refractivity contribution is -0.130. The highest BCUT2D eigenvalue weighted by Gasteiger charge is 2.24. The lowest BCUT2D eigenvalue weighted by Gasteiger charge is -2.26. The molecule has 2 rings (SSSR count). The first kappa shape index (κ1) is 13.4. The smallest absolute Gasteiger partial charge is 0.249 e. The minimum absolute atomic E-state index is 0.123. The highest BCUT2D eigenvalue weighted by atomic mass is 32.2. The predicted molar refractivity (Wildman–Crippen MR) is 69.1 cm³/mol. The number of benzene rings is 1. The van der Waals surface area contributed by atoms with Gasteiger partial charge < -0.3 is 10.1 Å². The molecule has 2 unspecified atom stereocenters. The third-order valence-electron chi connectivity index (χ3n) is 3.05. The molecule has 98 valence electrons. The minimum Gasteiger partial charge on any atom is -0.372 e. The van der Waals surface area contributed by atoms with Crippen LogP contribution in [0.1, 0.15) is 24.9 Å². The predicted octanol–water partition coefficient (Wildman–Crippen LogP) is 2.51. The molecule has 0 saturated heterocycles. The summed E-state index contributed by atoms with van der Waals surface area (Å²) in [7, 11) is 1.49. The van der Waals surface area contributed by atoms with Crippen LogP contribution in [0.5, 0.6) is 0 Å². The second-order valence-electron chi connectivity index (χ2n) is 4.26. The topological polar surface area (TPSA) is 38.3 Å². The maximum absolute atomic E-state index is 13.3. The summed E-state index contributed by atoms with van der Waals surface area (Å²) in [6, 6.07) is 4.60. The molecular weight excluding hydrogens is 253 g/mol. The fourth-order valence-electron chi connectivity index (χ4n) is 1.91. The molecule has 0 aromatic heterocycles. The normalized spacial score (nSPS) is 20.1. The summed E-state index contributed by atoms with van der Waals surface area (Å²) in [4.78, 5) is 12.8. The van der Waals surface area contributed by atoms with Crippen LogP contribution in [0.2, 0.25) is 0 Å². The summed E-state index contributed by atoms with van der Waals surface area (Å²) in [6.45, 7) is 1.69. The van der Waals surface area contributed by atoms with Crippen LogP contribution in [-0.2, 0) is 9.53 Å². The SMILES string of the molecule is COC(C)C(=O)NC1CCSc2ccc(F)cc21. The molecule has 0 bridgehead atoms. The van der Waals surface area contributed by atoms with Crippen molar-refractivity contribution in [1.29, 1.82) is 0 Å². The zero-order chi connectivity index (χ0) is 13.1. The molecule has 1 aliphatic rings. The van der Waals surface area contributed by atoms with Crippen molar-refractivity contribution in [3.63, 3.8) is 0 Å². The summed E-state index contributed by atoms with van der Waals surface area (Å²) >= 11 is 1.69. The molecule has 1 aromatic rings. The Morgan fingerprint density at radius 1 is 1.61 bits per heavy atom. The number of ether oxygens (including phenoxy) is 1. The van der Waals surface area contributed by atoms with E-state index in [1.165, 1.54) is 19.2 Å². The fraction of sp³-hybridized carbons (Fsp3) is 0.462. The summed E-state index contributed by atoms with van der Waals surface area (Å²) in [5.41, 5.74) is 0.864. The van der Waals surface area contributed by atoms with E-state index in [-0.39, 0.29) is 17.8 Å². The number of fused-ring (bicyclic) bond motifs is 1. The Kier molecular flexibility index (Phi) is 4.24. The van der Waals surface area contributed by atoms with Crippen molar-refractivity contribution in [2.24, 2.45) is 0 Å². The van der Waals surface area contributed by atoms with Crippen molar-refractivity contribution < 1.29 is 13.9 Å². The molecule has 1 aliphatic heterocycles. The molecule has 1 aromatic carbocycles. The van der Waals surface area contributed by atoms with Crippen LogP contribution in [0.3, 0.4) is 0 Å². The van der Waals surface area contributed by atoms with Crippen molar-refractivity contribution in [1.82, 2.24) is 5.32 Å². The maximum atomic E-state index is 13.3. The third-order valence-corrected chi connectivity index (χ3v) is 4.17. The van der Waals surface area contributed by atoms with Gasteiger partial charge in [-0.05, 0) is 37.1 Å². The van der Waals surface area contributed by atoms with E-state index in [2.05, 4.69) is 5.32 Å². The van der Waals surface area contributed by atoms with Gasteiger partial charge in [-0.3, -0.25) is 4.79 Å². The van der Waals surface area contributed by atoms with Gasteiger partial charge in [0.2, 0.25) is 5.91 Å². The molecule has 1 amide bonds. The van der Waals surface area contributed by atoms with Gasteiger partial charge in [0.05, 0.1) is 6.04 Å². The number of hydrogen-bond acceptors (Lipinski definition) is 3. The van der Waals surface area contributed by atoms with E-state index in [0.717, 1.165) is 22.6 Å². The summed E-state index contributed by atoms with van der Waals surface area (Å²) in [5, 5.41) is 2.91. The fourth-order valence-corrected chi connectivity index (χ4v) is 3.02. The number of hydrogen-bond donors (Lipinski definition) is 1. The minimum atomic E-state index is -0.489. The average Bonchev–Trinajstić information content (AvgIpc) is 2.38. The summed E-state index contributed by atoms with van der Waals surface area (Å²) in [6.07, 6.45) is 0.320. The molecule has 0 spiro atoms. The Bertz CT molecular complexity index is 453. The molecule has 2 atom stereocenters. The van der Waals surface area contributed by atoms with Gasteiger partial charge in [-0.1, -0.05) is 0 Å². The molecule has 1 N–H and O–H groups in total. The number of carbonyl (C=O) groups excluding carboxylic acids is 1. The van der Waals surface area contributed by atoms with Gasteiger partial charge in [0, 0.05) is 17.8 Å². The first-order valence-electron chi connectivity index (χ1n) is 5.87. The zero-order valence-corrected chi connectivity index (χ0v) is 11.2. The van der Waals surface area contributed by atoms with Crippen LogP contribution < -0.4 is 5.32 Å². The van der Waals surface area contributed by atoms with Crippen molar-refractivity contribution in [2.45, 2.75) is 30.4 Å². The Labute approximate surface area is 110 Å². The van der Waals surface area contributed by atoms with E-state index in [9.17, 15) is 9.18 Å². The molecule has 0 fully saturated rings. The van der Waals surface area contributed by atoms with Gasteiger partial charge in [-0.15, -0.1) is 11.8 Å². The molecule has 0 radical (unpaired) electrons. The molecule has 3 nitrogen and oxygen atoms in total. The number of rotatable bonds is 3. The standard InChI is InChI=1S/C13H16FNO2S/c1-8(17-2)13(16)15-11-5-6-18-12-4-3-9(14)7-10(11)12/h3-4,7-8,11H,5-6H2,1-2H3,(H,15,16). The Hall–Kier alpha value is -1.07. The van der Waals surface area contributed by atoms with Crippen molar-refractivity contribution >= 4 is 17.7 Å². The number of amides is 1. The van der Waals surface area contributed by atoms with Gasteiger partial charge in [0.1, 0.15) is 11.9 Å². The maximum Gasteiger partial charge on any atom is 0.249 e. The average molecular weight is 269 g/mol. The van der Waals surface area contributed by atoms with Gasteiger partial charge in [0.25, 0.3) is 0 Å². The van der Waals surface area contributed by atoms with Crippen molar-refractivity contribution in [3.8, 4) is 0 Å². The molecule has 5 heteroatoms. The Balaban J connectivity index is 2.17.